The van der Waals surface area contributed by atoms with Gasteiger partial charge in [0, 0.05) is 31.0 Å². The van der Waals surface area contributed by atoms with Crippen molar-refractivity contribution in [2.45, 2.75) is 43.7 Å². The lowest BCUT2D eigenvalue weighted by molar-refractivity contribution is 0.574. The van der Waals surface area contributed by atoms with E-state index in [1.807, 2.05) is 7.05 Å². The molecule has 5 nitrogen and oxygen atoms in total. The Labute approximate surface area is 120 Å². The van der Waals surface area contributed by atoms with Gasteiger partial charge in [-0.05, 0) is 44.2 Å². The molecule has 2 aliphatic carbocycles. The van der Waals surface area contributed by atoms with Gasteiger partial charge in [0.1, 0.15) is 0 Å². The van der Waals surface area contributed by atoms with Gasteiger partial charge in [0.05, 0.1) is 4.90 Å². The predicted octanol–water partition coefficient (Wildman–Crippen LogP) is 1.48. The Morgan fingerprint density at radius 1 is 1.40 bits per heavy atom. The number of sulfonamides is 1. The van der Waals surface area contributed by atoms with Gasteiger partial charge in [-0.3, -0.25) is 0 Å². The summed E-state index contributed by atoms with van der Waals surface area (Å²) in [6.07, 6.45) is 5.23. The van der Waals surface area contributed by atoms with E-state index in [0.717, 1.165) is 25.0 Å². The molecule has 1 aromatic rings. The molecule has 2 unspecified atom stereocenters. The maximum absolute atomic E-state index is 12.3. The van der Waals surface area contributed by atoms with Crippen molar-refractivity contribution in [2.75, 3.05) is 13.6 Å². The number of rotatable bonds is 7. The molecular formula is C14H23N3O2S. The van der Waals surface area contributed by atoms with Gasteiger partial charge in [-0.1, -0.05) is 6.92 Å². The Morgan fingerprint density at radius 3 is 2.65 bits per heavy atom. The van der Waals surface area contributed by atoms with E-state index in [9.17, 15) is 8.42 Å². The first-order chi connectivity index (χ1) is 9.51. The van der Waals surface area contributed by atoms with Crippen LogP contribution in [0.5, 0.6) is 0 Å². The number of hydrogen-bond acceptors (Lipinski definition) is 3. The van der Waals surface area contributed by atoms with E-state index < -0.39 is 10.0 Å². The zero-order valence-electron chi connectivity index (χ0n) is 12.1. The monoisotopic (exact) mass is 297 g/mol. The number of nitrogens with one attached hydrogen (secondary N) is 2. The van der Waals surface area contributed by atoms with Gasteiger partial charge >= 0.3 is 0 Å². The van der Waals surface area contributed by atoms with E-state index >= 15 is 0 Å². The predicted molar refractivity (Wildman–Crippen MR) is 77.9 cm³/mol. The molecule has 0 aromatic carbocycles. The summed E-state index contributed by atoms with van der Waals surface area (Å²) in [5.74, 6) is 1.18. The molecule has 2 N–H and O–H groups in total. The highest BCUT2D eigenvalue weighted by atomic mass is 32.2. The Morgan fingerprint density at radius 2 is 2.10 bits per heavy atom. The van der Waals surface area contributed by atoms with Crippen LogP contribution in [0.3, 0.4) is 0 Å². The maximum Gasteiger partial charge on any atom is 0.242 e. The molecule has 1 heterocycles. The molecule has 2 atom stereocenters. The highest BCUT2D eigenvalue weighted by Crippen LogP contribution is 2.38. The summed E-state index contributed by atoms with van der Waals surface area (Å²) < 4.78 is 29.5. The molecule has 0 saturated heterocycles. The molecule has 112 valence electrons. The van der Waals surface area contributed by atoms with Crippen LogP contribution in [0.1, 0.15) is 37.9 Å². The standard InChI is InChI=1S/C14H23N3O2S/c1-10-5-11(10)7-16-20(18,19)14-6-13(8-15-2)17(9-14)12-3-4-12/h6,9-12,15-16H,3-5,7-8H2,1-2H3. The normalized spacial score (nSPS) is 25.9. The van der Waals surface area contributed by atoms with Crippen LogP contribution in [0.15, 0.2) is 17.2 Å². The quantitative estimate of drug-likeness (QED) is 0.801. The summed E-state index contributed by atoms with van der Waals surface area (Å²) >= 11 is 0. The first-order valence-electron chi connectivity index (χ1n) is 7.36. The Bertz CT molecular complexity index is 590. The number of nitrogens with zero attached hydrogens (tertiary/aromatic N) is 1. The smallest absolute Gasteiger partial charge is 0.242 e. The highest BCUT2D eigenvalue weighted by molar-refractivity contribution is 7.89. The molecule has 0 radical (unpaired) electrons. The Hall–Kier alpha value is -0.850. The molecule has 0 spiro atoms. The molecule has 0 amide bonds. The third kappa shape index (κ3) is 2.92. The van der Waals surface area contributed by atoms with E-state index in [1.54, 1.807) is 12.3 Å². The fraction of sp³-hybridized carbons (Fsp3) is 0.714. The first kappa shape index (κ1) is 14.1. The van der Waals surface area contributed by atoms with Gasteiger partial charge in [-0.25, -0.2) is 13.1 Å². The van der Waals surface area contributed by atoms with Gasteiger partial charge in [0.15, 0.2) is 0 Å². The van der Waals surface area contributed by atoms with Crippen molar-refractivity contribution >= 4 is 10.0 Å². The number of hydrogen-bond donors (Lipinski definition) is 2. The lowest BCUT2D eigenvalue weighted by atomic mass is 10.3. The number of aromatic nitrogens is 1. The lowest BCUT2D eigenvalue weighted by Crippen LogP contribution is -2.25. The SMILES string of the molecule is CNCc1cc(S(=O)(=O)NCC2CC2C)cn1C1CC1. The van der Waals surface area contributed by atoms with Gasteiger partial charge in [0.2, 0.25) is 10.0 Å². The molecule has 2 fully saturated rings. The fourth-order valence-electron chi connectivity index (χ4n) is 2.64. The van der Waals surface area contributed by atoms with E-state index in [0.29, 0.717) is 35.9 Å². The fourth-order valence-corrected chi connectivity index (χ4v) is 3.79. The molecule has 1 aromatic heterocycles. The molecule has 2 aliphatic rings. The highest BCUT2D eigenvalue weighted by Gasteiger charge is 2.34. The molecule has 2 saturated carbocycles. The third-order valence-corrected chi connectivity index (χ3v) is 5.72. The average Bonchev–Trinajstić information content (AvgIpc) is 3.30. The summed E-state index contributed by atoms with van der Waals surface area (Å²) in [7, 11) is -1.48. The van der Waals surface area contributed by atoms with Crippen molar-refractivity contribution < 1.29 is 8.42 Å². The zero-order chi connectivity index (χ0) is 14.3. The van der Waals surface area contributed by atoms with Gasteiger partial charge in [0.25, 0.3) is 0 Å². The van der Waals surface area contributed by atoms with Crippen LogP contribution in [0.25, 0.3) is 0 Å². The van der Waals surface area contributed by atoms with Crippen LogP contribution in [-0.2, 0) is 16.6 Å². The molecule has 20 heavy (non-hydrogen) atoms. The lowest BCUT2D eigenvalue weighted by Gasteiger charge is -2.05. The third-order valence-electron chi connectivity index (χ3n) is 4.33. The summed E-state index contributed by atoms with van der Waals surface area (Å²) in [6, 6.07) is 2.29. The molecular weight excluding hydrogens is 274 g/mol. The Kier molecular flexibility index (Phi) is 3.64. The van der Waals surface area contributed by atoms with Crippen molar-refractivity contribution in [1.29, 1.82) is 0 Å². The maximum atomic E-state index is 12.3. The first-order valence-corrected chi connectivity index (χ1v) is 8.84. The van der Waals surface area contributed by atoms with Crippen LogP contribution in [0, 0.1) is 11.8 Å². The minimum absolute atomic E-state index is 0.406. The van der Waals surface area contributed by atoms with Gasteiger partial charge < -0.3 is 9.88 Å². The molecule has 6 heteroatoms. The molecule has 0 aliphatic heterocycles. The largest absolute Gasteiger partial charge is 0.346 e. The van der Waals surface area contributed by atoms with Crippen molar-refractivity contribution in [1.82, 2.24) is 14.6 Å². The summed E-state index contributed by atoms with van der Waals surface area (Å²) in [5.41, 5.74) is 1.05. The second-order valence-corrected chi connectivity index (χ2v) is 7.93. The summed E-state index contributed by atoms with van der Waals surface area (Å²) in [6.45, 7) is 3.43. The topological polar surface area (TPSA) is 63.1 Å². The molecule has 3 rings (SSSR count). The summed E-state index contributed by atoms with van der Waals surface area (Å²) in [4.78, 5) is 0.406. The summed E-state index contributed by atoms with van der Waals surface area (Å²) in [5, 5.41) is 3.10. The minimum atomic E-state index is -3.36. The van der Waals surface area contributed by atoms with Crippen LogP contribution in [0.2, 0.25) is 0 Å². The van der Waals surface area contributed by atoms with E-state index in [1.165, 1.54) is 0 Å². The van der Waals surface area contributed by atoms with Crippen LogP contribution in [-0.4, -0.2) is 26.6 Å². The van der Waals surface area contributed by atoms with Crippen LogP contribution >= 0.6 is 0 Å². The second kappa shape index (κ2) is 5.16. The van der Waals surface area contributed by atoms with Crippen LogP contribution in [0.4, 0.5) is 0 Å². The van der Waals surface area contributed by atoms with Gasteiger partial charge in [-0.15, -0.1) is 0 Å². The second-order valence-electron chi connectivity index (χ2n) is 6.16. The minimum Gasteiger partial charge on any atom is -0.346 e. The van der Waals surface area contributed by atoms with Crippen molar-refractivity contribution in [2.24, 2.45) is 11.8 Å². The van der Waals surface area contributed by atoms with Crippen molar-refractivity contribution in [3.63, 3.8) is 0 Å². The van der Waals surface area contributed by atoms with E-state index in [-0.39, 0.29) is 0 Å². The van der Waals surface area contributed by atoms with Crippen molar-refractivity contribution in [3.8, 4) is 0 Å². The van der Waals surface area contributed by atoms with Crippen LogP contribution < -0.4 is 10.0 Å². The average molecular weight is 297 g/mol. The molecule has 0 bridgehead atoms. The van der Waals surface area contributed by atoms with E-state index in [2.05, 4.69) is 21.5 Å². The zero-order valence-corrected chi connectivity index (χ0v) is 12.9. The van der Waals surface area contributed by atoms with Gasteiger partial charge in [-0.2, -0.15) is 0 Å². The van der Waals surface area contributed by atoms with E-state index in [4.69, 9.17) is 0 Å². The Balaban J connectivity index is 1.75. The van der Waals surface area contributed by atoms with Crippen molar-refractivity contribution in [3.05, 3.63) is 18.0 Å².